The van der Waals surface area contributed by atoms with Crippen LogP contribution in [0.1, 0.15) is 37.0 Å². The van der Waals surface area contributed by atoms with E-state index >= 15 is 0 Å². The summed E-state index contributed by atoms with van der Waals surface area (Å²) in [7, 11) is 0. The van der Waals surface area contributed by atoms with Crippen LogP contribution in [0.15, 0.2) is 24.3 Å². The summed E-state index contributed by atoms with van der Waals surface area (Å²) in [5.41, 5.74) is 6.06. The highest BCUT2D eigenvalue weighted by molar-refractivity contribution is 5.94. The van der Waals surface area contributed by atoms with Gasteiger partial charge in [-0.25, -0.2) is 4.39 Å². The van der Waals surface area contributed by atoms with E-state index in [0.717, 1.165) is 0 Å². The predicted molar refractivity (Wildman–Crippen MR) is 98.2 cm³/mol. The predicted octanol–water partition coefficient (Wildman–Crippen LogP) is 2.30. The molecule has 25 heavy (non-hydrogen) atoms. The van der Waals surface area contributed by atoms with E-state index in [2.05, 4.69) is 0 Å². The molecule has 1 atom stereocenters. The van der Waals surface area contributed by atoms with Crippen molar-refractivity contribution in [1.29, 1.82) is 0 Å². The summed E-state index contributed by atoms with van der Waals surface area (Å²) in [5.74, 6) is -0.550. The van der Waals surface area contributed by atoms with Gasteiger partial charge in [0.15, 0.2) is 0 Å². The number of carbonyl (C=O) groups is 2. The number of carbonyl (C=O) groups excluding carboxylic acids is 2. The van der Waals surface area contributed by atoms with Crippen LogP contribution < -0.4 is 5.73 Å². The summed E-state index contributed by atoms with van der Waals surface area (Å²) < 4.78 is 13.8. The quantitative estimate of drug-likeness (QED) is 0.883. The van der Waals surface area contributed by atoms with Gasteiger partial charge in [0.1, 0.15) is 5.82 Å². The van der Waals surface area contributed by atoms with Crippen LogP contribution in [0.4, 0.5) is 4.39 Å². The SMILES string of the molecule is CC(C)C[C@H](N)C(=O)N1CCCN(C(=O)c2ccccc2F)CC1.Cl. The standard InChI is InChI=1S/C18H26FN3O2.ClH/c1-13(2)12-16(20)18(24)22-9-5-8-21(10-11-22)17(23)14-6-3-4-7-15(14)19;/h3-4,6-7,13,16H,5,8-12,20H2,1-2H3;1H/t16-;/m0./s1. The Balaban J connectivity index is 0.00000312. The average molecular weight is 372 g/mol. The summed E-state index contributed by atoms with van der Waals surface area (Å²) in [5, 5.41) is 0. The number of hydrogen-bond acceptors (Lipinski definition) is 3. The molecule has 140 valence electrons. The molecule has 1 aromatic rings. The highest BCUT2D eigenvalue weighted by Gasteiger charge is 2.26. The second-order valence-electron chi connectivity index (χ2n) is 6.69. The largest absolute Gasteiger partial charge is 0.340 e. The molecule has 1 heterocycles. The van der Waals surface area contributed by atoms with E-state index in [1.54, 1.807) is 21.9 Å². The zero-order valence-corrected chi connectivity index (χ0v) is 15.6. The third-order valence-electron chi connectivity index (χ3n) is 4.24. The normalized spacial score (nSPS) is 16.2. The van der Waals surface area contributed by atoms with Gasteiger partial charge < -0.3 is 15.5 Å². The fraction of sp³-hybridized carbons (Fsp3) is 0.556. The van der Waals surface area contributed by atoms with Gasteiger partial charge in [0.2, 0.25) is 5.91 Å². The van der Waals surface area contributed by atoms with E-state index < -0.39 is 11.9 Å². The lowest BCUT2D eigenvalue weighted by atomic mass is 10.0. The molecule has 1 aliphatic rings. The van der Waals surface area contributed by atoms with Crippen molar-refractivity contribution in [3.05, 3.63) is 35.6 Å². The molecule has 0 saturated carbocycles. The van der Waals surface area contributed by atoms with E-state index in [-0.39, 0.29) is 29.8 Å². The van der Waals surface area contributed by atoms with E-state index in [0.29, 0.717) is 44.9 Å². The maximum absolute atomic E-state index is 13.8. The molecule has 5 nitrogen and oxygen atoms in total. The second-order valence-corrected chi connectivity index (χ2v) is 6.69. The van der Waals surface area contributed by atoms with Crippen molar-refractivity contribution >= 4 is 24.2 Å². The lowest BCUT2D eigenvalue weighted by Crippen LogP contribution is -2.46. The fourth-order valence-corrected chi connectivity index (χ4v) is 2.99. The van der Waals surface area contributed by atoms with Crippen molar-refractivity contribution in [2.45, 2.75) is 32.7 Å². The Morgan fingerprint density at radius 3 is 2.36 bits per heavy atom. The van der Waals surface area contributed by atoms with Gasteiger partial charge in [-0.05, 0) is 30.9 Å². The van der Waals surface area contributed by atoms with Crippen molar-refractivity contribution in [2.75, 3.05) is 26.2 Å². The molecule has 0 aliphatic carbocycles. The molecule has 0 unspecified atom stereocenters. The maximum atomic E-state index is 13.8. The molecular weight excluding hydrogens is 345 g/mol. The Hall–Kier alpha value is -1.66. The van der Waals surface area contributed by atoms with Gasteiger partial charge in [-0.3, -0.25) is 9.59 Å². The minimum atomic E-state index is -0.515. The molecule has 0 spiro atoms. The minimum Gasteiger partial charge on any atom is -0.340 e. The van der Waals surface area contributed by atoms with Crippen molar-refractivity contribution in [3.63, 3.8) is 0 Å². The van der Waals surface area contributed by atoms with Crippen LogP contribution in [-0.4, -0.2) is 53.8 Å². The van der Waals surface area contributed by atoms with E-state index in [4.69, 9.17) is 5.73 Å². The van der Waals surface area contributed by atoms with Crippen LogP contribution in [0.3, 0.4) is 0 Å². The smallest absolute Gasteiger partial charge is 0.256 e. The Morgan fingerprint density at radius 2 is 1.72 bits per heavy atom. The molecule has 7 heteroatoms. The summed E-state index contributed by atoms with van der Waals surface area (Å²) in [6.07, 6.45) is 1.31. The molecule has 2 N–H and O–H groups in total. The number of rotatable bonds is 4. The first-order valence-corrected chi connectivity index (χ1v) is 8.48. The summed E-state index contributed by atoms with van der Waals surface area (Å²) in [4.78, 5) is 28.2. The number of nitrogens with two attached hydrogens (primary N) is 1. The first-order valence-electron chi connectivity index (χ1n) is 8.48. The van der Waals surface area contributed by atoms with Gasteiger partial charge in [-0.2, -0.15) is 0 Å². The maximum Gasteiger partial charge on any atom is 0.256 e. The fourth-order valence-electron chi connectivity index (χ4n) is 2.99. The Bertz CT molecular complexity index is 597. The van der Waals surface area contributed by atoms with Gasteiger partial charge in [0.25, 0.3) is 5.91 Å². The molecule has 0 bridgehead atoms. The van der Waals surface area contributed by atoms with E-state index in [1.165, 1.54) is 12.1 Å². The lowest BCUT2D eigenvalue weighted by molar-refractivity contribution is -0.132. The first kappa shape index (κ1) is 21.4. The molecule has 0 aromatic heterocycles. The van der Waals surface area contributed by atoms with Crippen LogP contribution in [0.25, 0.3) is 0 Å². The third kappa shape index (κ3) is 5.68. The molecule has 2 amide bonds. The molecule has 0 radical (unpaired) electrons. The summed E-state index contributed by atoms with van der Waals surface area (Å²) in [6.45, 7) is 5.98. The molecule has 1 aromatic carbocycles. The van der Waals surface area contributed by atoms with Crippen LogP contribution in [-0.2, 0) is 4.79 Å². The van der Waals surface area contributed by atoms with Crippen LogP contribution in [0.5, 0.6) is 0 Å². The van der Waals surface area contributed by atoms with Crippen molar-refractivity contribution in [2.24, 2.45) is 11.7 Å². The minimum absolute atomic E-state index is 0. The highest BCUT2D eigenvalue weighted by Crippen LogP contribution is 2.14. The third-order valence-corrected chi connectivity index (χ3v) is 4.24. The number of amides is 2. The monoisotopic (exact) mass is 371 g/mol. The molecular formula is C18H27ClFN3O2. The van der Waals surface area contributed by atoms with Crippen LogP contribution in [0, 0.1) is 11.7 Å². The highest BCUT2D eigenvalue weighted by atomic mass is 35.5. The number of halogens is 2. The summed E-state index contributed by atoms with van der Waals surface area (Å²) in [6, 6.07) is 5.48. The molecule has 1 saturated heterocycles. The van der Waals surface area contributed by atoms with Gasteiger partial charge in [-0.1, -0.05) is 26.0 Å². The van der Waals surface area contributed by atoms with Crippen LogP contribution >= 0.6 is 12.4 Å². The van der Waals surface area contributed by atoms with E-state index in [9.17, 15) is 14.0 Å². The average Bonchev–Trinajstić information content (AvgIpc) is 2.79. The molecule has 2 rings (SSSR count). The Kier molecular flexibility index (Phi) is 8.32. The number of nitrogens with zero attached hydrogens (tertiary/aromatic N) is 2. The Labute approximate surface area is 154 Å². The zero-order chi connectivity index (χ0) is 17.7. The van der Waals surface area contributed by atoms with Crippen molar-refractivity contribution < 1.29 is 14.0 Å². The zero-order valence-electron chi connectivity index (χ0n) is 14.8. The van der Waals surface area contributed by atoms with Gasteiger partial charge in [0.05, 0.1) is 11.6 Å². The van der Waals surface area contributed by atoms with Gasteiger partial charge in [0, 0.05) is 26.2 Å². The molecule has 1 fully saturated rings. The van der Waals surface area contributed by atoms with Gasteiger partial charge in [-0.15, -0.1) is 12.4 Å². The summed E-state index contributed by atoms with van der Waals surface area (Å²) >= 11 is 0. The Morgan fingerprint density at radius 1 is 1.12 bits per heavy atom. The van der Waals surface area contributed by atoms with Crippen molar-refractivity contribution in [1.82, 2.24) is 9.80 Å². The first-order chi connectivity index (χ1) is 11.4. The second kappa shape index (κ2) is 9.73. The van der Waals surface area contributed by atoms with Crippen molar-refractivity contribution in [3.8, 4) is 0 Å². The number of hydrogen-bond donors (Lipinski definition) is 1. The van der Waals surface area contributed by atoms with Crippen LogP contribution in [0.2, 0.25) is 0 Å². The van der Waals surface area contributed by atoms with E-state index in [1.807, 2.05) is 13.8 Å². The molecule has 1 aliphatic heterocycles. The van der Waals surface area contributed by atoms with Gasteiger partial charge >= 0.3 is 0 Å². The topological polar surface area (TPSA) is 66.6 Å². The lowest BCUT2D eigenvalue weighted by Gasteiger charge is -2.25. The number of benzene rings is 1.